The third-order valence-corrected chi connectivity index (χ3v) is 2.44. The van der Waals surface area contributed by atoms with Crippen molar-refractivity contribution < 1.29 is 19.2 Å². The Balaban J connectivity index is 3.04. The molecule has 1 aromatic rings. The van der Waals surface area contributed by atoms with E-state index in [9.17, 15) is 9.59 Å². The molecule has 1 aromatic heterocycles. The molecule has 6 heteroatoms. The van der Waals surface area contributed by atoms with Gasteiger partial charge in [0.15, 0.2) is 0 Å². The Morgan fingerprint density at radius 1 is 1.56 bits per heavy atom. The van der Waals surface area contributed by atoms with Gasteiger partial charge in [0.1, 0.15) is 17.9 Å². The third kappa shape index (κ3) is 2.97. The lowest BCUT2D eigenvalue weighted by Gasteiger charge is -2.18. The maximum Gasteiger partial charge on any atom is 0.323 e. The second-order valence-electron chi connectivity index (χ2n) is 3.78. The number of nitrogens with zero attached hydrogens (tertiary/aromatic N) is 2. The van der Waals surface area contributed by atoms with E-state index in [1.807, 2.05) is 6.92 Å². The number of rotatable bonds is 6. The molecule has 18 heavy (non-hydrogen) atoms. The Hall–Kier alpha value is -2.11. The van der Waals surface area contributed by atoms with Gasteiger partial charge in [0.05, 0.1) is 5.69 Å². The van der Waals surface area contributed by atoms with Crippen LogP contribution in [0.4, 0.5) is 0 Å². The molecule has 0 aromatic carbocycles. The Morgan fingerprint density at radius 2 is 2.22 bits per heavy atom. The Kier molecular flexibility index (Phi) is 4.65. The molecule has 1 amide bonds. The number of carbonyl (C=O) groups excluding carboxylic acids is 1. The molecule has 0 fully saturated rings. The Bertz CT molecular complexity index is 465. The zero-order valence-electron chi connectivity index (χ0n) is 10.5. The highest BCUT2D eigenvalue weighted by Gasteiger charge is 2.25. The first kappa shape index (κ1) is 14.0. The van der Waals surface area contributed by atoms with Gasteiger partial charge in [0, 0.05) is 6.54 Å². The first-order valence-electron chi connectivity index (χ1n) is 5.58. The molecule has 0 unspecified atom stereocenters. The number of aliphatic carboxylic acids is 1. The first-order chi connectivity index (χ1) is 8.51. The second kappa shape index (κ2) is 6.00. The zero-order valence-corrected chi connectivity index (χ0v) is 10.5. The summed E-state index contributed by atoms with van der Waals surface area (Å²) in [4.78, 5) is 24.2. The van der Waals surface area contributed by atoms with Crippen LogP contribution in [0.2, 0.25) is 0 Å². The van der Waals surface area contributed by atoms with E-state index in [0.717, 1.165) is 0 Å². The maximum absolute atomic E-state index is 12.2. The second-order valence-corrected chi connectivity index (χ2v) is 3.78. The monoisotopic (exact) mass is 252 g/mol. The highest BCUT2D eigenvalue weighted by atomic mass is 16.5. The van der Waals surface area contributed by atoms with Crippen LogP contribution in [-0.2, 0) is 11.2 Å². The summed E-state index contributed by atoms with van der Waals surface area (Å²) >= 11 is 0. The number of carboxylic acid groups (broad SMARTS) is 1. The summed E-state index contributed by atoms with van der Waals surface area (Å²) in [6, 6.07) is 0. The van der Waals surface area contributed by atoms with Crippen molar-refractivity contribution in [2.45, 2.75) is 20.3 Å². The van der Waals surface area contributed by atoms with Crippen molar-refractivity contribution in [3.63, 3.8) is 0 Å². The van der Waals surface area contributed by atoms with E-state index in [0.29, 0.717) is 23.4 Å². The highest BCUT2D eigenvalue weighted by molar-refractivity contribution is 5.97. The molecular formula is C12H16N2O4. The summed E-state index contributed by atoms with van der Waals surface area (Å²) < 4.78 is 4.97. The molecule has 0 aliphatic carbocycles. The van der Waals surface area contributed by atoms with E-state index in [4.69, 9.17) is 9.63 Å². The number of carboxylic acids is 1. The molecule has 0 saturated heterocycles. The summed E-state index contributed by atoms with van der Waals surface area (Å²) in [6.07, 6.45) is 2.03. The third-order valence-electron chi connectivity index (χ3n) is 2.44. The summed E-state index contributed by atoms with van der Waals surface area (Å²) in [5, 5.41) is 12.6. The Morgan fingerprint density at radius 3 is 2.72 bits per heavy atom. The van der Waals surface area contributed by atoms with E-state index in [2.05, 4.69) is 11.7 Å². The van der Waals surface area contributed by atoms with E-state index in [1.54, 1.807) is 6.92 Å². The van der Waals surface area contributed by atoms with E-state index < -0.39 is 11.9 Å². The number of hydrogen-bond acceptors (Lipinski definition) is 4. The van der Waals surface area contributed by atoms with Crippen LogP contribution in [0, 0.1) is 6.92 Å². The van der Waals surface area contributed by atoms with Crippen molar-refractivity contribution in [3.05, 3.63) is 29.7 Å². The van der Waals surface area contributed by atoms with E-state index >= 15 is 0 Å². The van der Waals surface area contributed by atoms with Crippen molar-refractivity contribution in [1.82, 2.24) is 10.1 Å². The maximum atomic E-state index is 12.2. The van der Waals surface area contributed by atoms with Crippen LogP contribution in [0.25, 0.3) is 0 Å². The molecule has 0 atom stereocenters. The minimum atomic E-state index is -1.07. The summed E-state index contributed by atoms with van der Waals surface area (Å²) in [5.74, 6) is -1.07. The van der Waals surface area contributed by atoms with Gasteiger partial charge in [-0.2, -0.15) is 0 Å². The number of carbonyl (C=O) groups is 2. The molecule has 98 valence electrons. The van der Waals surface area contributed by atoms with Crippen LogP contribution >= 0.6 is 0 Å². The largest absolute Gasteiger partial charge is 0.480 e. The van der Waals surface area contributed by atoms with Gasteiger partial charge in [0.25, 0.3) is 5.91 Å². The smallest absolute Gasteiger partial charge is 0.323 e. The van der Waals surface area contributed by atoms with Gasteiger partial charge >= 0.3 is 5.97 Å². The predicted octanol–water partition coefficient (Wildman–Crippen LogP) is 1.26. The lowest BCUT2D eigenvalue weighted by Crippen LogP contribution is -2.36. The number of amides is 1. The zero-order chi connectivity index (χ0) is 13.7. The van der Waals surface area contributed by atoms with Crippen LogP contribution in [0.1, 0.15) is 28.7 Å². The molecule has 0 saturated carbocycles. The fourth-order valence-corrected chi connectivity index (χ4v) is 1.63. The molecule has 0 bridgehead atoms. The van der Waals surface area contributed by atoms with Crippen LogP contribution < -0.4 is 0 Å². The van der Waals surface area contributed by atoms with Crippen LogP contribution in [-0.4, -0.2) is 40.1 Å². The average Bonchev–Trinajstić information content (AvgIpc) is 2.68. The normalized spacial score (nSPS) is 10.1. The first-order valence-corrected chi connectivity index (χ1v) is 5.58. The molecule has 1 N–H and O–H groups in total. The Labute approximate surface area is 105 Å². The molecule has 1 rings (SSSR count). The van der Waals surface area contributed by atoms with Gasteiger partial charge in [-0.05, 0) is 13.3 Å². The van der Waals surface area contributed by atoms with Crippen molar-refractivity contribution in [2.75, 3.05) is 13.1 Å². The van der Waals surface area contributed by atoms with Gasteiger partial charge < -0.3 is 14.5 Å². The lowest BCUT2D eigenvalue weighted by atomic mass is 10.1. The molecule has 0 aliphatic rings. The van der Waals surface area contributed by atoms with Crippen molar-refractivity contribution in [2.24, 2.45) is 0 Å². The highest BCUT2D eigenvalue weighted by Crippen LogP contribution is 2.16. The molecule has 0 radical (unpaired) electrons. The van der Waals surface area contributed by atoms with Gasteiger partial charge in [-0.1, -0.05) is 18.2 Å². The fraction of sp³-hybridized carbons (Fsp3) is 0.417. The van der Waals surface area contributed by atoms with Gasteiger partial charge in [0.2, 0.25) is 0 Å². The van der Waals surface area contributed by atoms with Crippen LogP contribution in [0.5, 0.6) is 0 Å². The van der Waals surface area contributed by atoms with E-state index in [-0.39, 0.29) is 13.1 Å². The molecule has 0 aliphatic heterocycles. The number of aromatic nitrogens is 1. The molecule has 6 nitrogen and oxygen atoms in total. The van der Waals surface area contributed by atoms with Gasteiger partial charge in [-0.15, -0.1) is 6.58 Å². The van der Waals surface area contributed by atoms with Crippen LogP contribution in [0.3, 0.4) is 0 Å². The topological polar surface area (TPSA) is 83.6 Å². The molecular weight excluding hydrogens is 236 g/mol. The summed E-state index contributed by atoms with van der Waals surface area (Å²) in [6.45, 7) is 6.78. The molecule has 1 heterocycles. The van der Waals surface area contributed by atoms with Crippen molar-refractivity contribution in [3.8, 4) is 0 Å². The number of hydrogen-bond donors (Lipinski definition) is 1. The SMILES string of the molecule is C=CCN(CC(=O)O)C(=O)c1c(CC)noc1C. The molecule has 0 spiro atoms. The minimum Gasteiger partial charge on any atom is -0.480 e. The van der Waals surface area contributed by atoms with Gasteiger partial charge in [-0.3, -0.25) is 9.59 Å². The summed E-state index contributed by atoms with van der Waals surface area (Å²) in [7, 11) is 0. The number of aryl methyl sites for hydroxylation is 2. The fourth-order valence-electron chi connectivity index (χ4n) is 1.63. The van der Waals surface area contributed by atoms with Gasteiger partial charge in [-0.25, -0.2) is 0 Å². The minimum absolute atomic E-state index is 0.166. The summed E-state index contributed by atoms with van der Waals surface area (Å²) in [5.41, 5.74) is 0.887. The standard InChI is InChI=1S/C12H16N2O4/c1-4-6-14(7-10(15)16)12(17)11-8(3)18-13-9(11)5-2/h4H,1,5-7H2,2-3H3,(H,15,16). The quantitative estimate of drug-likeness (QED) is 0.770. The predicted molar refractivity (Wildman–Crippen MR) is 64.4 cm³/mol. The van der Waals surface area contributed by atoms with Crippen molar-refractivity contribution >= 4 is 11.9 Å². The van der Waals surface area contributed by atoms with Crippen LogP contribution in [0.15, 0.2) is 17.2 Å². The van der Waals surface area contributed by atoms with Crippen molar-refractivity contribution in [1.29, 1.82) is 0 Å². The lowest BCUT2D eigenvalue weighted by molar-refractivity contribution is -0.137. The van der Waals surface area contributed by atoms with E-state index in [1.165, 1.54) is 11.0 Å². The average molecular weight is 252 g/mol.